The molecule has 23 heavy (non-hydrogen) atoms. The first kappa shape index (κ1) is 17.1. The van der Waals surface area contributed by atoms with Crippen LogP contribution in [-0.4, -0.2) is 35.6 Å². The van der Waals surface area contributed by atoms with Gasteiger partial charge in [0.1, 0.15) is 9.88 Å². The summed E-state index contributed by atoms with van der Waals surface area (Å²) in [6, 6.07) is 8.84. The third-order valence-corrected chi connectivity index (χ3v) is 4.41. The molecule has 1 amide bonds. The minimum atomic E-state index is -0.974. The molecule has 0 saturated carbocycles. The number of nitrogens with one attached hydrogen (secondary N) is 1. The van der Waals surface area contributed by atoms with Crippen LogP contribution in [0.1, 0.15) is 31.9 Å². The van der Waals surface area contributed by atoms with E-state index in [4.69, 9.17) is 4.74 Å². The monoisotopic (exact) mass is 334 g/mol. The number of hydrogen-bond acceptors (Lipinski definition) is 5. The molecule has 1 aromatic carbocycles. The summed E-state index contributed by atoms with van der Waals surface area (Å²) in [4.78, 5) is 28.4. The summed E-state index contributed by atoms with van der Waals surface area (Å²) in [5.74, 6) is -2.08. The number of aromatic nitrogens is 1. The Kier molecular flexibility index (Phi) is 5.84. The number of carbonyl (C=O) groups excluding carboxylic acids is 1. The highest BCUT2D eigenvalue weighted by molar-refractivity contribution is 7.13. The Morgan fingerprint density at radius 1 is 1.35 bits per heavy atom. The van der Waals surface area contributed by atoms with Crippen LogP contribution in [0, 0.1) is 6.92 Å². The van der Waals surface area contributed by atoms with E-state index in [9.17, 15) is 14.7 Å². The molecule has 0 spiro atoms. The Hall–Kier alpha value is -2.25. The minimum absolute atomic E-state index is 0.0229. The maximum atomic E-state index is 12.3. The topological polar surface area (TPSA) is 88.5 Å². The lowest BCUT2D eigenvalue weighted by atomic mass is 9.99. The SMILES string of the molecule is COCc1nc(C)c(C(=O)NCC(C(=O)O)c2ccccc2)s1. The highest BCUT2D eigenvalue weighted by atomic mass is 32.1. The third kappa shape index (κ3) is 4.37. The van der Waals surface area contributed by atoms with Crippen molar-refractivity contribution >= 4 is 23.2 Å². The highest BCUT2D eigenvalue weighted by Crippen LogP contribution is 2.19. The number of ether oxygens (including phenoxy) is 1. The zero-order valence-corrected chi connectivity index (χ0v) is 13.7. The summed E-state index contributed by atoms with van der Waals surface area (Å²) in [5, 5.41) is 12.8. The van der Waals surface area contributed by atoms with Crippen LogP contribution in [0.3, 0.4) is 0 Å². The Morgan fingerprint density at radius 3 is 2.65 bits per heavy atom. The number of thiazole rings is 1. The number of amides is 1. The van der Waals surface area contributed by atoms with Crippen LogP contribution in [0.5, 0.6) is 0 Å². The predicted octanol–water partition coefficient (Wildman–Crippen LogP) is 2.20. The van der Waals surface area contributed by atoms with Gasteiger partial charge in [-0.15, -0.1) is 11.3 Å². The molecule has 7 heteroatoms. The molecular formula is C16H18N2O4S. The van der Waals surface area contributed by atoms with Crippen molar-refractivity contribution in [2.24, 2.45) is 0 Å². The smallest absolute Gasteiger partial charge is 0.312 e. The number of aryl methyl sites for hydroxylation is 1. The summed E-state index contributed by atoms with van der Waals surface area (Å²) in [7, 11) is 1.56. The average molecular weight is 334 g/mol. The van der Waals surface area contributed by atoms with Gasteiger partial charge in [0, 0.05) is 13.7 Å². The Morgan fingerprint density at radius 2 is 2.04 bits per heavy atom. The van der Waals surface area contributed by atoms with E-state index in [0.29, 0.717) is 27.7 Å². The largest absolute Gasteiger partial charge is 0.481 e. The standard InChI is InChI=1S/C16H18N2O4S/c1-10-14(23-13(18-10)9-22-2)15(19)17-8-12(16(20)21)11-6-4-3-5-7-11/h3-7,12H,8-9H2,1-2H3,(H,17,19)(H,20,21). The molecule has 0 radical (unpaired) electrons. The van der Waals surface area contributed by atoms with Crippen molar-refractivity contribution in [1.82, 2.24) is 10.3 Å². The van der Waals surface area contributed by atoms with Crippen molar-refractivity contribution in [3.63, 3.8) is 0 Å². The summed E-state index contributed by atoms with van der Waals surface area (Å²) in [6.45, 7) is 2.12. The Bertz CT molecular complexity index is 685. The van der Waals surface area contributed by atoms with Crippen LogP contribution in [0.2, 0.25) is 0 Å². The molecule has 122 valence electrons. The van der Waals surface area contributed by atoms with E-state index in [-0.39, 0.29) is 12.5 Å². The zero-order valence-electron chi connectivity index (χ0n) is 12.9. The fourth-order valence-corrected chi connectivity index (χ4v) is 3.11. The number of rotatable bonds is 7. The molecule has 2 N–H and O–H groups in total. The molecule has 2 rings (SSSR count). The molecule has 0 aliphatic heterocycles. The molecule has 0 bridgehead atoms. The van der Waals surface area contributed by atoms with Gasteiger partial charge in [-0.05, 0) is 12.5 Å². The fourth-order valence-electron chi connectivity index (χ4n) is 2.16. The van der Waals surface area contributed by atoms with E-state index in [0.717, 1.165) is 0 Å². The number of aliphatic carboxylic acids is 1. The third-order valence-electron chi connectivity index (χ3n) is 3.28. The molecule has 6 nitrogen and oxygen atoms in total. The number of benzene rings is 1. The zero-order chi connectivity index (χ0) is 16.8. The van der Waals surface area contributed by atoms with Gasteiger partial charge in [0.05, 0.1) is 18.2 Å². The van der Waals surface area contributed by atoms with Crippen molar-refractivity contribution in [2.45, 2.75) is 19.4 Å². The van der Waals surface area contributed by atoms with Crippen LogP contribution >= 0.6 is 11.3 Å². The highest BCUT2D eigenvalue weighted by Gasteiger charge is 2.22. The van der Waals surface area contributed by atoms with E-state index in [1.165, 1.54) is 11.3 Å². The van der Waals surface area contributed by atoms with Gasteiger partial charge in [-0.1, -0.05) is 30.3 Å². The van der Waals surface area contributed by atoms with Crippen LogP contribution in [-0.2, 0) is 16.1 Å². The van der Waals surface area contributed by atoms with Gasteiger partial charge in [0.15, 0.2) is 0 Å². The average Bonchev–Trinajstić information content (AvgIpc) is 2.89. The summed E-state index contributed by atoms with van der Waals surface area (Å²) in [5.41, 5.74) is 1.27. The molecule has 1 aromatic heterocycles. The van der Waals surface area contributed by atoms with Gasteiger partial charge in [-0.3, -0.25) is 9.59 Å². The van der Waals surface area contributed by atoms with Gasteiger partial charge in [0.25, 0.3) is 5.91 Å². The first-order valence-electron chi connectivity index (χ1n) is 7.04. The molecule has 0 aliphatic carbocycles. The number of carboxylic acids is 1. The predicted molar refractivity (Wildman–Crippen MR) is 86.7 cm³/mol. The van der Waals surface area contributed by atoms with Crippen molar-refractivity contribution in [1.29, 1.82) is 0 Å². The number of hydrogen-bond donors (Lipinski definition) is 2. The lowest BCUT2D eigenvalue weighted by molar-refractivity contribution is -0.138. The maximum Gasteiger partial charge on any atom is 0.312 e. The molecule has 2 aromatic rings. The van der Waals surface area contributed by atoms with Gasteiger partial charge in [0.2, 0.25) is 0 Å². The first-order chi connectivity index (χ1) is 11.0. The van der Waals surface area contributed by atoms with Crippen molar-refractivity contribution in [3.8, 4) is 0 Å². The summed E-state index contributed by atoms with van der Waals surface area (Å²) >= 11 is 1.25. The van der Waals surface area contributed by atoms with Crippen molar-refractivity contribution in [3.05, 3.63) is 51.5 Å². The van der Waals surface area contributed by atoms with E-state index in [2.05, 4.69) is 10.3 Å². The number of methoxy groups -OCH3 is 1. The second-order valence-corrected chi connectivity index (χ2v) is 6.05. The second-order valence-electron chi connectivity index (χ2n) is 4.97. The molecule has 1 heterocycles. The van der Waals surface area contributed by atoms with E-state index in [1.54, 1.807) is 38.3 Å². The van der Waals surface area contributed by atoms with Crippen LogP contribution in [0.4, 0.5) is 0 Å². The van der Waals surface area contributed by atoms with Crippen molar-refractivity contribution < 1.29 is 19.4 Å². The van der Waals surface area contributed by atoms with Gasteiger partial charge in [-0.2, -0.15) is 0 Å². The van der Waals surface area contributed by atoms with Crippen LogP contribution < -0.4 is 5.32 Å². The quantitative estimate of drug-likeness (QED) is 0.810. The Labute approximate surface area is 138 Å². The number of carbonyl (C=O) groups is 2. The molecule has 0 fully saturated rings. The summed E-state index contributed by atoms with van der Waals surface area (Å²) < 4.78 is 5.00. The lowest BCUT2D eigenvalue weighted by Gasteiger charge is -2.13. The van der Waals surface area contributed by atoms with Gasteiger partial charge >= 0.3 is 5.97 Å². The van der Waals surface area contributed by atoms with Crippen LogP contribution in [0.15, 0.2) is 30.3 Å². The molecular weight excluding hydrogens is 316 g/mol. The van der Waals surface area contributed by atoms with Crippen molar-refractivity contribution in [2.75, 3.05) is 13.7 Å². The van der Waals surface area contributed by atoms with Crippen LogP contribution in [0.25, 0.3) is 0 Å². The number of carboxylic acid groups (broad SMARTS) is 1. The Balaban J connectivity index is 2.06. The van der Waals surface area contributed by atoms with E-state index < -0.39 is 11.9 Å². The molecule has 0 aliphatic rings. The molecule has 0 saturated heterocycles. The molecule has 1 atom stereocenters. The molecule has 1 unspecified atom stereocenters. The van der Waals surface area contributed by atoms with Gasteiger partial charge < -0.3 is 15.2 Å². The summed E-state index contributed by atoms with van der Waals surface area (Å²) in [6.07, 6.45) is 0. The number of nitrogens with zero attached hydrogens (tertiary/aromatic N) is 1. The maximum absolute atomic E-state index is 12.3. The van der Waals surface area contributed by atoms with Gasteiger partial charge in [-0.25, -0.2) is 4.98 Å². The fraction of sp³-hybridized carbons (Fsp3) is 0.312. The van der Waals surface area contributed by atoms with E-state index >= 15 is 0 Å². The normalized spacial score (nSPS) is 11.9. The second kappa shape index (κ2) is 7.85. The minimum Gasteiger partial charge on any atom is -0.481 e. The lowest BCUT2D eigenvalue weighted by Crippen LogP contribution is -2.31. The first-order valence-corrected chi connectivity index (χ1v) is 7.85. The van der Waals surface area contributed by atoms with E-state index in [1.807, 2.05) is 6.07 Å².